The molecule has 1 N–H and O–H groups in total. The first-order chi connectivity index (χ1) is 16.1. The Morgan fingerprint density at radius 1 is 1.00 bits per heavy atom. The number of fused-ring (bicyclic) bond motifs is 1. The molecular formula is C26H22ClN3O2S. The molecule has 33 heavy (non-hydrogen) atoms. The van der Waals surface area contributed by atoms with Gasteiger partial charge in [-0.05, 0) is 61.4 Å². The van der Waals surface area contributed by atoms with Crippen molar-refractivity contribution in [1.29, 1.82) is 0 Å². The third-order valence-electron chi connectivity index (χ3n) is 5.88. The van der Waals surface area contributed by atoms with Crippen molar-refractivity contribution in [2.75, 3.05) is 18.4 Å². The highest BCUT2D eigenvalue weighted by atomic mass is 35.5. The van der Waals surface area contributed by atoms with Crippen molar-refractivity contribution in [3.63, 3.8) is 0 Å². The number of halogens is 1. The zero-order valence-corrected chi connectivity index (χ0v) is 19.4. The first-order valence-corrected chi connectivity index (χ1v) is 12.1. The molecule has 1 aliphatic heterocycles. The number of carbonyl (C=O) groups excluding carboxylic acids is 2. The molecule has 0 aliphatic carbocycles. The number of nitrogens with one attached hydrogen (secondary N) is 1. The van der Waals surface area contributed by atoms with Crippen molar-refractivity contribution in [2.45, 2.75) is 12.8 Å². The summed E-state index contributed by atoms with van der Waals surface area (Å²) in [5.41, 5.74) is 3.17. The highest BCUT2D eigenvalue weighted by molar-refractivity contribution is 7.21. The van der Waals surface area contributed by atoms with Gasteiger partial charge in [0.25, 0.3) is 5.91 Å². The van der Waals surface area contributed by atoms with Crippen molar-refractivity contribution in [2.24, 2.45) is 5.92 Å². The van der Waals surface area contributed by atoms with Gasteiger partial charge in [-0.15, -0.1) is 11.3 Å². The molecule has 5 nitrogen and oxygen atoms in total. The van der Waals surface area contributed by atoms with Crippen LogP contribution in [0.15, 0.2) is 72.8 Å². The molecule has 1 atom stereocenters. The second-order valence-corrected chi connectivity index (χ2v) is 9.59. The van der Waals surface area contributed by atoms with E-state index in [0.717, 1.165) is 39.3 Å². The van der Waals surface area contributed by atoms with Crippen LogP contribution in [0.1, 0.15) is 23.2 Å². The first kappa shape index (κ1) is 21.6. The van der Waals surface area contributed by atoms with Crippen molar-refractivity contribution in [3.8, 4) is 10.6 Å². The van der Waals surface area contributed by atoms with Crippen LogP contribution in [-0.2, 0) is 4.79 Å². The van der Waals surface area contributed by atoms with Gasteiger partial charge in [0.2, 0.25) is 5.91 Å². The molecule has 5 rings (SSSR count). The number of amides is 2. The number of anilines is 1. The largest absolute Gasteiger partial charge is 0.338 e. The summed E-state index contributed by atoms with van der Waals surface area (Å²) in [7, 11) is 0. The number of nitrogens with zero attached hydrogens (tertiary/aromatic N) is 2. The van der Waals surface area contributed by atoms with Crippen molar-refractivity contribution in [1.82, 2.24) is 9.88 Å². The van der Waals surface area contributed by atoms with E-state index in [2.05, 4.69) is 5.32 Å². The number of hydrogen-bond acceptors (Lipinski definition) is 4. The Hall–Kier alpha value is -3.22. The van der Waals surface area contributed by atoms with Crippen LogP contribution >= 0.6 is 22.9 Å². The van der Waals surface area contributed by atoms with Crippen LogP contribution in [0.25, 0.3) is 20.8 Å². The average molecular weight is 476 g/mol. The van der Waals surface area contributed by atoms with E-state index >= 15 is 0 Å². The van der Waals surface area contributed by atoms with E-state index in [4.69, 9.17) is 16.6 Å². The quantitative estimate of drug-likeness (QED) is 0.387. The molecule has 1 aromatic heterocycles. The Morgan fingerprint density at radius 2 is 1.76 bits per heavy atom. The minimum atomic E-state index is -0.265. The van der Waals surface area contributed by atoms with Crippen LogP contribution < -0.4 is 5.32 Å². The lowest BCUT2D eigenvalue weighted by Gasteiger charge is -2.32. The number of carbonyl (C=O) groups is 2. The number of thiazole rings is 1. The van der Waals surface area contributed by atoms with Gasteiger partial charge in [-0.2, -0.15) is 0 Å². The molecule has 7 heteroatoms. The van der Waals surface area contributed by atoms with E-state index in [1.165, 1.54) is 0 Å². The third-order valence-corrected chi connectivity index (χ3v) is 7.20. The molecule has 0 unspecified atom stereocenters. The molecule has 1 fully saturated rings. The van der Waals surface area contributed by atoms with Gasteiger partial charge in [0, 0.05) is 29.2 Å². The summed E-state index contributed by atoms with van der Waals surface area (Å²) >= 11 is 7.55. The van der Waals surface area contributed by atoms with Gasteiger partial charge in [-0.3, -0.25) is 9.59 Å². The van der Waals surface area contributed by atoms with E-state index in [9.17, 15) is 9.59 Å². The fourth-order valence-electron chi connectivity index (χ4n) is 4.15. The molecule has 0 bridgehead atoms. The number of benzene rings is 3. The normalized spacial score (nSPS) is 16.0. The average Bonchev–Trinajstić information content (AvgIpc) is 3.29. The molecular weight excluding hydrogens is 454 g/mol. The van der Waals surface area contributed by atoms with Crippen LogP contribution in [0.3, 0.4) is 0 Å². The zero-order valence-electron chi connectivity index (χ0n) is 17.8. The van der Waals surface area contributed by atoms with Crippen LogP contribution in [-0.4, -0.2) is 34.8 Å². The van der Waals surface area contributed by atoms with E-state index in [1.54, 1.807) is 40.5 Å². The minimum absolute atomic E-state index is 0.0703. The Kier molecular flexibility index (Phi) is 6.11. The number of likely N-dealkylation sites (tertiary alicyclic amines) is 1. The van der Waals surface area contributed by atoms with E-state index in [0.29, 0.717) is 23.7 Å². The second kappa shape index (κ2) is 9.33. The lowest BCUT2D eigenvalue weighted by molar-refractivity contribution is -0.121. The third kappa shape index (κ3) is 4.63. The molecule has 0 saturated carbocycles. The monoisotopic (exact) mass is 475 g/mol. The zero-order chi connectivity index (χ0) is 22.8. The van der Waals surface area contributed by atoms with Crippen molar-refractivity contribution in [3.05, 3.63) is 83.4 Å². The number of hydrogen-bond donors (Lipinski definition) is 1. The Morgan fingerprint density at radius 3 is 2.58 bits per heavy atom. The maximum Gasteiger partial charge on any atom is 0.253 e. The minimum Gasteiger partial charge on any atom is -0.338 e. The summed E-state index contributed by atoms with van der Waals surface area (Å²) < 4.78 is 1.11. The number of aromatic nitrogens is 1. The van der Waals surface area contributed by atoms with Gasteiger partial charge in [0.15, 0.2) is 0 Å². The molecule has 166 valence electrons. The summed E-state index contributed by atoms with van der Waals surface area (Å²) in [6.45, 7) is 1.05. The summed E-state index contributed by atoms with van der Waals surface area (Å²) in [6.07, 6.45) is 1.54. The highest BCUT2D eigenvalue weighted by Crippen LogP contribution is 2.35. The maximum atomic E-state index is 13.2. The Bertz CT molecular complexity index is 1290. The van der Waals surface area contributed by atoms with Crippen molar-refractivity contribution < 1.29 is 9.59 Å². The molecule has 3 aromatic carbocycles. The van der Waals surface area contributed by atoms with Gasteiger partial charge in [0.1, 0.15) is 5.01 Å². The summed E-state index contributed by atoms with van der Waals surface area (Å²) in [5.74, 6) is -0.408. The molecule has 1 aliphatic rings. The summed E-state index contributed by atoms with van der Waals surface area (Å²) in [6, 6.07) is 22.6. The van der Waals surface area contributed by atoms with Crippen LogP contribution in [0.4, 0.5) is 5.69 Å². The topological polar surface area (TPSA) is 62.3 Å². The van der Waals surface area contributed by atoms with Crippen LogP contribution in [0.2, 0.25) is 5.02 Å². The molecule has 4 aromatic rings. The lowest BCUT2D eigenvalue weighted by Crippen LogP contribution is -2.43. The number of rotatable bonds is 4. The van der Waals surface area contributed by atoms with E-state index in [-0.39, 0.29) is 17.7 Å². The Labute approximate surface area is 201 Å². The molecule has 1 saturated heterocycles. The molecule has 2 heterocycles. The maximum absolute atomic E-state index is 13.2. The molecule has 0 spiro atoms. The van der Waals surface area contributed by atoms with Crippen LogP contribution in [0, 0.1) is 5.92 Å². The van der Waals surface area contributed by atoms with Gasteiger partial charge < -0.3 is 10.2 Å². The molecule has 2 amide bonds. The fraction of sp³-hybridized carbons (Fsp3) is 0.192. The predicted octanol–water partition coefficient (Wildman–Crippen LogP) is 6.11. The Balaban J connectivity index is 1.32. The fourth-order valence-corrected chi connectivity index (χ4v) is 5.28. The predicted molar refractivity (Wildman–Crippen MR) is 134 cm³/mol. The number of para-hydroxylation sites is 2. The standard InChI is InChI=1S/C26H22ClN3O2S/c27-19-13-11-17(12-14-19)26(32)30-15-5-6-18(16-30)24(31)28-21-8-2-1-7-20(21)25-29-22-9-3-4-10-23(22)33-25/h1-4,7-14,18H,5-6,15-16H2,(H,28,31)/t18-/m0/s1. The lowest BCUT2D eigenvalue weighted by atomic mass is 9.96. The van der Waals surface area contributed by atoms with Gasteiger partial charge in [-0.1, -0.05) is 35.9 Å². The smallest absolute Gasteiger partial charge is 0.253 e. The van der Waals surface area contributed by atoms with E-state index in [1.807, 2.05) is 48.5 Å². The second-order valence-electron chi connectivity index (χ2n) is 8.12. The highest BCUT2D eigenvalue weighted by Gasteiger charge is 2.29. The van der Waals surface area contributed by atoms with Crippen molar-refractivity contribution >= 4 is 50.7 Å². The number of piperidine rings is 1. The van der Waals surface area contributed by atoms with Gasteiger partial charge >= 0.3 is 0 Å². The van der Waals surface area contributed by atoms with Crippen LogP contribution in [0.5, 0.6) is 0 Å². The summed E-state index contributed by atoms with van der Waals surface area (Å²) in [5, 5.41) is 4.56. The SMILES string of the molecule is O=C(Nc1ccccc1-c1nc2ccccc2s1)[C@H]1CCCN(C(=O)c2ccc(Cl)cc2)C1. The van der Waals surface area contributed by atoms with Gasteiger partial charge in [0.05, 0.1) is 21.8 Å². The first-order valence-electron chi connectivity index (χ1n) is 10.9. The summed E-state index contributed by atoms with van der Waals surface area (Å²) in [4.78, 5) is 32.6. The van der Waals surface area contributed by atoms with Gasteiger partial charge in [-0.25, -0.2) is 4.98 Å². The molecule has 0 radical (unpaired) electrons. The van der Waals surface area contributed by atoms with E-state index < -0.39 is 0 Å².